The largest absolute Gasteiger partial charge is 0.368 e. The minimum absolute atomic E-state index is 0.171. The Morgan fingerprint density at radius 2 is 1.74 bits per heavy atom. The minimum atomic E-state index is -1.31. The fourth-order valence-corrected chi connectivity index (χ4v) is 2.39. The summed E-state index contributed by atoms with van der Waals surface area (Å²) < 4.78 is 40.6. The highest BCUT2D eigenvalue weighted by molar-refractivity contribution is 5.87. The molecule has 0 aromatic heterocycles. The van der Waals surface area contributed by atoms with Crippen LogP contribution in [0.15, 0.2) is 36.4 Å². The zero-order chi connectivity index (χ0) is 20.1. The SMILES string of the molecule is NC(=O)[C@@H](Cc1ccc(F)c([N+](=O)[O-])c1)NC(=O)Cc1c(F)cccc1F. The summed E-state index contributed by atoms with van der Waals surface area (Å²) in [5.74, 6) is -4.74. The van der Waals surface area contributed by atoms with Crippen molar-refractivity contribution in [3.8, 4) is 0 Å². The number of carbonyl (C=O) groups is 2. The second-order valence-corrected chi connectivity index (χ2v) is 5.65. The van der Waals surface area contributed by atoms with Crippen LogP contribution in [0.3, 0.4) is 0 Å². The zero-order valence-electron chi connectivity index (χ0n) is 13.7. The first-order valence-corrected chi connectivity index (χ1v) is 7.63. The van der Waals surface area contributed by atoms with Gasteiger partial charge in [-0.05, 0) is 23.8 Å². The molecule has 142 valence electrons. The highest BCUT2D eigenvalue weighted by atomic mass is 19.1. The number of nitrogens with zero attached hydrogens (tertiary/aromatic N) is 1. The van der Waals surface area contributed by atoms with E-state index in [4.69, 9.17) is 5.73 Å². The number of nitrogens with one attached hydrogen (secondary N) is 1. The Balaban J connectivity index is 2.14. The maximum Gasteiger partial charge on any atom is 0.305 e. The van der Waals surface area contributed by atoms with Gasteiger partial charge in [-0.1, -0.05) is 12.1 Å². The molecule has 1 atom stereocenters. The first-order valence-electron chi connectivity index (χ1n) is 7.63. The normalized spacial score (nSPS) is 11.7. The highest BCUT2D eigenvalue weighted by Gasteiger charge is 2.22. The molecule has 0 spiro atoms. The van der Waals surface area contributed by atoms with Gasteiger partial charge in [-0.25, -0.2) is 8.78 Å². The van der Waals surface area contributed by atoms with Gasteiger partial charge in [-0.3, -0.25) is 19.7 Å². The third-order valence-corrected chi connectivity index (χ3v) is 3.72. The number of hydrogen-bond acceptors (Lipinski definition) is 4. The molecule has 7 nitrogen and oxygen atoms in total. The Morgan fingerprint density at radius 1 is 1.11 bits per heavy atom. The van der Waals surface area contributed by atoms with E-state index in [1.165, 1.54) is 6.07 Å². The summed E-state index contributed by atoms with van der Waals surface area (Å²) in [6.07, 6.45) is -0.937. The summed E-state index contributed by atoms with van der Waals surface area (Å²) in [6, 6.07) is 4.75. The molecule has 0 radical (unpaired) electrons. The zero-order valence-corrected chi connectivity index (χ0v) is 13.7. The second-order valence-electron chi connectivity index (χ2n) is 5.65. The van der Waals surface area contributed by atoms with Gasteiger partial charge in [0.05, 0.1) is 11.3 Å². The number of nitro groups is 1. The van der Waals surface area contributed by atoms with Crippen molar-refractivity contribution in [3.05, 3.63) is 75.1 Å². The lowest BCUT2D eigenvalue weighted by Gasteiger charge is -2.16. The lowest BCUT2D eigenvalue weighted by molar-refractivity contribution is -0.387. The summed E-state index contributed by atoms with van der Waals surface area (Å²) in [7, 11) is 0. The van der Waals surface area contributed by atoms with E-state index in [-0.39, 0.29) is 12.0 Å². The molecule has 2 amide bonds. The number of primary amides is 1. The van der Waals surface area contributed by atoms with E-state index in [1.807, 2.05) is 0 Å². The molecule has 2 aromatic carbocycles. The van der Waals surface area contributed by atoms with E-state index in [0.717, 1.165) is 30.3 Å². The average Bonchev–Trinajstić information content (AvgIpc) is 2.59. The van der Waals surface area contributed by atoms with Gasteiger partial charge < -0.3 is 11.1 Å². The molecule has 0 unspecified atom stereocenters. The van der Waals surface area contributed by atoms with Crippen LogP contribution in [-0.2, 0) is 22.4 Å². The summed E-state index contributed by atoms with van der Waals surface area (Å²) in [6.45, 7) is 0. The minimum Gasteiger partial charge on any atom is -0.368 e. The maximum absolute atomic E-state index is 13.6. The summed E-state index contributed by atoms with van der Waals surface area (Å²) in [5.41, 5.74) is 4.10. The Morgan fingerprint density at radius 3 is 2.30 bits per heavy atom. The number of hydrogen-bond donors (Lipinski definition) is 2. The first-order chi connectivity index (χ1) is 12.7. The molecule has 3 N–H and O–H groups in total. The van der Waals surface area contributed by atoms with Gasteiger partial charge in [0.15, 0.2) is 0 Å². The van der Waals surface area contributed by atoms with E-state index in [1.54, 1.807) is 0 Å². The number of amides is 2. The summed E-state index contributed by atoms with van der Waals surface area (Å²) in [4.78, 5) is 33.4. The third-order valence-electron chi connectivity index (χ3n) is 3.72. The predicted molar refractivity (Wildman–Crippen MR) is 87.9 cm³/mol. The lowest BCUT2D eigenvalue weighted by Crippen LogP contribution is -2.46. The van der Waals surface area contributed by atoms with Crippen molar-refractivity contribution in [1.82, 2.24) is 5.32 Å². The van der Waals surface area contributed by atoms with Crippen molar-refractivity contribution in [2.75, 3.05) is 0 Å². The molecule has 0 aliphatic heterocycles. The molecule has 0 saturated heterocycles. The third kappa shape index (κ3) is 5.03. The molecule has 2 aromatic rings. The Hall–Kier alpha value is -3.43. The Kier molecular flexibility index (Phi) is 6.11. The van der Waals surface area contributed by atoms with Crippen molar-refractivity contribution < 1.29 is 27.7 Å². The predicted octanol–water partition coefficient (Wildman–Crippen LogP) is 1.77. The molecule has 0 saturated carbocycles. The lowest BCUT2D eigenvalue weighted by atomic mass is 10.0. The van der Waals surface area contributed by atoms with Gasteiger partial charge in [0.25, 0.3) is 0 Å². The van der Waals surface area contributed by atoms with Gasteiger partial charge in [0.1, 0.15) is 17.7 Å². The van der Waals surface area contributed by atoms with Gasteiger partial charge in [-0.2, -0.15) is 4.39 Å². The molecule has 0 aliphatic carbocycles. The number of nitro benzene ring substituents is 1. The van der Waals surface area contributed by atoms with Crippen LogP contribution in [0.25, 0.3) is 0 Å². The fraction of sp³-hybridized carbons (Fsp3) is 0.176. The van der Waals surface area contributed by atoms with Gasteiger partial charge in [-0.15, -0.1) is 0 Å². The number of benzene rings is 2. The number of halogens is 3. The first kappa shape index (κ1) is 19.9. The summed E-state index contributed by atoms with van der Waals surface area (Å²) in [5, 5.41) is 13.0. The quantitative estimate of drug-likeness (QED) is 0.562. The van der Waals surface area contributed by atoms with Crippen molar-refractivity contribution in [2.45, 2.75) is 18.9 Å². The van der Waals surface area contributed by atoms with Crippen LogP contribution in [0.1, 0.15) is 11.1 Å². The summed E-state index contributed by atoms with van der Waals surface area (Å²) >= 11 is 0. The van der Waals surface area contributed by atoms with E-state index >= 15 is 0 Å². The van der Waals surface area contributed by atoms with Crippen molar-refractivity contribution >= 4 is 17.5 Å². The number of rotatable bonds is 7. The smallest absolute Gasteiger partial charge is 0.305 e. The fourth-order valence-electron chi connectivity index (χ4n) is 2.39. The van der Waals surface area contributed by atoms with Crippen LogP contribution in [0.2, 0.25) is 0 Å². The highest BCUT2D eigenvalue weighted by Crippen LogP contribution is 2.19. The number of carbonyl (C=O) groups excluding carboxylic acids is 2. The van der Waals surface area contributed by atoms with Crippen LogP contribution in [0.5, 0.6) is 0 Å². The average molecular weight is 381 g/mol. The van der Waals surface area contributed by atoms with Crippen molar-refractivity contribution in [3.63, 3.8) is 0 Å². The maximum atomic E-state index is 13.6. The molecular weight excluding hydrogens is 367 g/mol. The molecule has 10 heteroatoms. The van der Waals surface area contributed by atoms with E-state index in [9.17, 15) is 32.9 Å². The molecule has 0 fully saturated rings. The van der Waals surface area contributed by atoms with Crippen LogP contribution in [-0.4, -0.2) is 22.8 Å². The molecule has 0 bridgehead atoms. The van der Waals surface area contributed by atoms with Crippen LogP contribution < -0.4 is 11.1 Å². The topological polar surface area (TPSA) is 115 Å². The van der Waals surface area contributed by atoms with E-state index in [0.29, 0.717) is 0 Å². The second kappa shape index (κ2) is 8.30. The molecule has 0 aliphatic rings. The molecular formula is C17H14F3N3O4. The van der Waals surface area contributed by atoms with Gasteiger partial charge >= 0.3 is 5.69 Å². The van der Waals surface area contributed by atoms with Crippen molar-refractivity contribution in [2.24, 2.45) is 5.73 Å². The standard InChI is InChI=1S/C17H14F3N3O4/c18-11-2-1-3-12(19)10(11)8-16(24)22-14(17(21)25)6-9-4-5-13(20)15(7-9)23(26)27/h1-5,7,14H,6,8H2,(H2,21,25)(H,22,24)/t14-/m1/s1. The number of nitrogens with two attached hydrogens (primary N) is 1. The van der Waals surface area contributed by atoms with Crippen LogP contribution in [0, 0.1) is 27.6 Å². The van der Waals surface area contributed by atoms with Crippen molar-refractivity contribution in [1.29, 1.82) is 0 Å². The Bertz CT molecular complexity index is 885. The monoisotopic (exact) mass is 381 g/mol. The van der Waals surface area contributed by atoms with Crippen LogP contribution >= 0.6 is 0 Å². The van der Waals surface area contributed by atoms with E-state index < -0.39 is 57.9 Å². The molecule has 27 heavy (non-hydrogen) atoms. The van der Waals surface area contributed by atoms with Crippen LogP contribution in [0.4, 0.5) is 18.9 Å². The molecule has 0 heterocycles. The Labute approximate surface area is 151 Å². The van der Waals surface area contributed by atoms with Gasteiger partial charge in [0, 0.05) is 18.1 Å². The van der Waals surface area contributed by atoms with E-state index in [2.05, 4.69) is 5.32 Å². The van der Waals surface area contributed by atoms with Gasteiger partial charge in [0.2, 0.25) is 17.6 Å². The molecule has 2 rings (SSSR count).